The van der Waals surface area contributed by atoms with Gasteiger partial charge in [-0.1, -0.05) is 0 Å². The Labute approximate surface area is 90.3 Å². The van der Waals surface area contributed by atoms with Crippen molar-refractivity contribution in [3.8, 4) is 0 Å². The van der Waals surface area contributed by atoms with Crippen LogP contribution in [0.2, 0.25) is 0 Å². The number of hydrogen-bond donors (Lipinski definition) is 2. The van der Waals surface area contributed by atoms with E-state index in [4.69, 9.17) is 4.74 Å². The van der Waals surface area contributed by atoms with E-state index >= 15 is 0 Å². The highest BCUT2D eigenvalue weighted by molar-refractivity contribution is 7.88. The van der Waals surface area contributed by atoms with Gasteiger partial charge in [-0.15, -0.1) is 0 Å². The lowest BCUT2D eigenvalue weighted by Crippen LogP contribution is -2.44. The fourth-order valence-corrected chi connectivity index (χ4v) is 2.00. The van der Waals surface area contributed by atoms with Crippen molar-refractivity contribution in [1.29, 1.82) is 0 Å². The topological polar surface area (TPSA) is 78.9 Å². The maximum atomic E-state index is 10.9. The summed E-state index contributed by atoms with van der Waals surface area (Å²) in [6, 6.07) is -0.0728. The van der Waals surface area contributed by atoms with Crippen LogP contribution in [0.3, 0.4) is 0 Å². The first kappa shape index (κ1) is 12.9. The van der Waals surface area contributed by atoms with Crippen LogP contribution in [0.4, 0.5) is 0 Å². The van der Waals surface area contributed by atoms with Crippen molar-refractivity contribution in [2.75, 3.05) is 33.5 Å². The van der Waals surface area contributed by atoms with Crippen LogP contribution in [0.1, 0.15) is 0 Å². The summed E-state index contributed by atoms with van der Waals surface area (Å²) >= 11 is 0. The molecule has 0 unspecified atom stereocenters. The van der Waals surface area contributed by atoms with Crippen molar-refractivity contribution in [2.45, 2.75) is 18.2 Å². The van der Waals surface area contributed by atoms with Gasteiger partial charge in [-0.2, -0.15) is 0 Å². The minimum absolute atomic E-state index is 0.0728. The van der Waals surface area contributed by atoms with Gasteiger partial charge in [0.15, 0.2) is 0 Å². The van der Waals surface area contributed by atoms with Gasteiger partial charge in [0.25, 0.3) is 0 Å². The molecule has 1 rings (SSSR count). The second-order valence-electron chi connectivity index (χ2n) is 4.01. The summed E-state index contributed by atoms with van der Waals surface area (Å²) in [6.07, 6.45) is -0.0426. The molecule has 0 bridgehead atoms. The monoisotopic (exact) mass is 238 g/mol. The van der Waals surface area contributed by atoms with E-state index in [9.17, 15) is 13.5 Å². The molecule has 1 aliphatic rings. The Balaban J connectivity index is 2.46. The van der Waals surface area contributed by atoms with Crippen LogP contribution in [0.5, 0.6) is 0 Å². The van der Waals surface area contributed by atoms with E-state index in [1.807, 2.05) is 19.0 Å². The zero-order valence-corrected chi connectivity index (χ0v) is 9.99. The Bertz CT molecular complexity index is 304. The maximum absolute atomic E-state index is 10.9. The van der Waals surface area contributed by atoms with E-state index in [-0.39, 0.29) is 12.6 Å². The summed E-state index contributed by atoms with van der Waals surface area (Å²) in [5, 5.41) is 9.81. The van der Waals surface area contributed by atoms with E-state index in [0.29, 0.717) is 6.61 Å². The zero-order valence-electron chi connectivity index (χ0n) is 9.17. The van der Waals surface area contributed by atoms with Gasteiger partial charge in [-0.3, -0.25) is 0 Å². The Hall–Kier alpha value is -0.210. The molecular weight excluding hydrogens is 220 g/mol. The van der Waals surface area contributed by atoms with Crippen molar-refractivity contribution in [3.05, 3.63) is 0 Å². The summed E-state index contributed by atoms with van der Waals surface area (Å²) < 4.78 is 29.3. The second kappa shape index (κ2) is 4.75. The third kappa shape index (κ3) is 3.69. The summed E-state index contributed by atoms with van der Waals surface area (Å²) in [4.78, 5) is 1.87. The minimum atomic E-state index is -3.23. The molecule has 1 aliphatic heterocycles. The number of ether oxygens (including phenoxy) is 1. The van der Waals surface area contributed by atoms with Crippen LogP contribution in [-0.4, -0.2) is 70.2 Å². The Kier molecular flexibility index (Phi) is 4.07. The van der Waals surface area contributed by atoms with Crippen molar-refractivity contribution < 1.29 is 18.3 Å². The molecule has 0 saturated carbocycles. The van der Waals surface area contributed by atoms with Crippen LogP contribution in [0.25, 0.3) is 0 Å². The lowest BCUT2D eigenvalue weighted by molar-refractivity contribution is 0.0401. The van der Waals surface area contributed by atoms with Gasteiger partial charge in [0, 0.05) is 6.54 Å². The number of aliphatic hydroxyl groups is 1. The quantitative estimate of drug-likeness (QED) is 0.606. The maximum Gasteiger partial charge on any atom is 0.208 e. The fraction of sp³-hybridized carbons (Fsp3) is 1.00. The molecule has 2 N–H and O–H groups in total. The molecule has 0 spiro atoms. The standard InChI is InChI=1S/C8H18N2O4S/c1-10(2)6-5-14-7(8(6)11)4-9-15(3,12)13/h6-9,11H,4-5H2,1-3H3/t6-,7-,8+/m1/s1. The fourth-order valence-electron chi connectivity index (χ4n) is 1.53. The molecule has 1 heterocycles. The summed E-state index contributed by atoms with van der Waals surface area (Å²) in [6.45, 7) is 0.536. The van der Waals surface area contributed by atoms with Crippen molar-refractivity contribution in [2.24, 2.45) is 0 Å². The predicted molar refractivity (Wildman–Crippen MR) is 56.1 cm³/mol. The third-order valence-electron chi connectivity index (χ3n) is 2.47. The number of sulfonamides is 1. The minimum Gasteiger partial charge on any atom is -0.389 e. The Morgan fingerprint density at radius 3 is 2.53 bits per heavy atom. The van der Waals surface area contributed by atoms with E-state index in [0.717, 1.165) is 6.26 Å². The first-order valence-corrected chi connectivity index (χ1v) is 6.61. The number of hydrogen-bond acceptors (Lipinski definition) is 5. The molecule has 1 saturated heterocycles. The molecule has 0 amide bonds. The van der Waals surface area contributed by atoms with Crippen molar-refractivity contribution >= 4 is 10.0 Å². The lowest BCUT2D eigenvalue weighted by Gasteiger charge is -2.22. The van der Waals surface area contributed by atoms with Crippen molar-refractivity contribution in [1.82, 2.24) is 9.62 Å². The largest absolute Gasteiger partial charge is 0.389 e. The highest BCUT2D eigenvalue weighted by Gasteiger charge is 2.37. The van der Waals surface area contributed by atoms with Gasteiger partial charge in [-0.25, -0.2) is 13.1 Å². The Morgan fingerprint density at radius 2 is 2.13 bits per heavy atom. The number of nitrogens with zero attached hydrogens (tertiary/aromatic N) is 1. The van der Waals surface area contributed by atoms with E-state index in [1.165, 1.54) is 0 Å². The van der Waals surface area contributed by atoms with Gasteiger partial charge in [0.2, 0.25) is 10.0 Å². The molecule has 6 nitrogen and oxygen atoms in total. The Morgan fingerprint density at radius 1 is 1.53 bits per heavy atom. The average molecular weight is 238 g/mol. The molecule has 1 fully saturated rings. The number of rotatable bonds is 4. The second-order valence-corrected chi connectivity index (χ2v) is 5.85. The zero-order chi connectivity index (χ0) is 11.6. The van der Waals surface area contributed by atoms with Crippen LogP contribution < -0.4 is 4.72 Å². The molecule has 0 aliphatic carbocycles. The summed E-state index contributed by atoms with van der Waals surface area (Å²) in [5.41, 5.74) is 0. The third-order valence-corrected chi connectivity index (χ3v) is 3.16. The number of nitrogens with one attached hydrogen (secondary N) is 1. The first-order valence-electron chi connectivity index (χ1n) is 4.72. The summed E-state index contributed by atoms with van der Waals surface area (Å²) in [5.74, 6) is 0. The first-order chi connectivity index (χ1) is 6.81. The van der Waals surface area contributed by atoms with E-state index < -0.39 is 22.2 Å². The molecule has 0 aromatic heterocycles. The molecule has 0 radical (unpaired) electrons. The van der Waals surface area contributed by atoms with Gasteiger partial charge in [0.1, 0.15) is 0 Å². The van der Waals surface area contributed by atoms with Gasteiger partial charge < -0.3 is 14.7 Å². The highest BCUT2D eigenvalue weighted by Crippen LogP contribution is 2.17. The number of likely N-dealkylation sites (N-methyl/N-ethyl adjacent to an activating group) is 1. The smallest absolute Gasteiger partial charge is 0.208 e. The molecule has 0 aromatic rings. The van der Waals surface area contributed by atoms with E-state index in [1.54, 1.807) is 0 Å². The van der Waals surface area contributed by atoms with Crippen LogP contribution >= 0.6 is 0 Å². The highest BCUT2D eigenvalue weighted by atomic mass is 32.2. The normalized spacial score (nSPS) is 32.5. The van der Waals surface area contributed by atoms with Crippen LogP contribution in [0, 0.1) is 0 Å². The van der Waals surface area contributed by atoms with Crippen molar-refractivity contribution in [3.63, 3.8) is 0 Å². The molecular formula is C8H18N2O4S. The molecule has 0 aromatic carbocycles. The molecule has 15 heavy (non-hydrogen) atoms. The lowest BCUT2D eigenvalue weighted by atomic mass is 10.1. The van der Waals surface area contributed by atoms with Crippen LogP contribution in [0.15, 0.2) is 0 Å². The van der Waals surface area contributed by atoms with E-state index in [2.05, 4.69) is 4.72 Å². The molecule has 3 atom stereocenters. The number of aliphatic hydroxyl groups excluding tert-OH is 1. The van der Waals surface area contributed by atoms with Gasteiger partial charge >= 0.3 is 0 Å². The van der Waals surface area contributed by atoms with Gasteiger partial charge in [-0.05, 0) is 14.1 Å². The average Bonchev–Trinajstić information content (AvgIpc) is 2.42. The van der Waals surface area contributed by atoms with Gasteiger partial charge in [0.05, 0.1) is 31.1 Å². The SMILES string of the molecule is CN(C)[C@@H]1CO[C@H](CNS(C)(=O)=O)[C@H]1O. The molecule has 7 heteroatoms. The molecule has 90 valence electrons. The predicted octanol–water partition coefficient (Wildman–Crippen LogP) is -1.77. The van der Waals surface area contributed by atoms with Crippen LogP contribution in [-0.2, 0) is 14.8 Å². The summed E-state index contributed by atoms with van der Waals surface area (Å²) in [7, 11) is 0.474.